The number of halogens is 3. The normalized spacial score (nSPS) is 22.1. The smallest absolute Gasteiger partial charge is 0.219 e. The number of alkyl halides is 1. The molecular formula is C32H35F3N4. The minimum atomic E-state index is -1.88. The van der Waals surface area contributed by atoms with E-state index in [9.17, 15) is 8.78 Å². The van der Waals surface area contributed by atoms with Crippen LogP contribution in [0.4, 0.5) is 13.2 Å². The molecular weight excluding hydrogens is 497 g/mol. The predicted molar refractivity (Wildman–Crippen MR) is 153 cm³/mol. The molecule has 0 amide bonds. The van der Waals surface area contributed by atoms with E-state index in [1.54, 1.807) is 6.20 Å². The van der Waals surface area contributed by atoms with Crippen molar-refractivity contribution in [1.29, 1.82) is 0 Å². The first kappa shape index (κ1) is 28.3. The Balaban J connectivity index is 1.93. The molecule has 0 bridgehead atoms. The molecule has 1 aliphatic carbocycles. The molecule has 0 N–H and O–H groups in total. The van der Waals surface area contributed by atoms with Crippen molar-refractivity contribution >= 4 is 11.5 Å². The van der Waals surface area contributed by atoms with Crippen molar-refractivity contribution in [2.45, 2.75) is 51.6 Å². The standard InChI is InChI=1S/C32H35F3N4/c1-5-39(4)23(3)26(17-22(2)33)18-32(19-27(34)31(35)37-21-32)28-20-36-29(24-13-11-8-12-14-24)30(38-28)25-15-9-6-7-10-16-25/h6,8-17,20,27H,5,7,18-19,21H2,1-4H3/b22-17+,26-23+. The number of nitrogens with zero attached hydrogens (tertiary/aromatic N) is 4. The molecule has 0 saturated heterocycles. The molecule has 2 heterocycles. The number of allylic oxidation sites excluding steroid dienone is 10. The number of hydrogen-bond donors (Lipinski definition) is 0. The van der Waals surface area contributed by atoms with E-state index in [-0.39, 0.29) is 25.2 Å². The Hall–Kier alpha value is -3.74. The number of rotatable bonds is 8. The van der Waals surface area contributed by atoms with Gasteiger partial charge >= 0.3 is 0 Å². The fourth-order valence-corrected chi connectivity index (χ4v) is 4.98. The van der Waals surface area contributed by atoms with Crippen LogP contribution >= 0.6 is 0 Å². The SMILES string of the molecule is CCN(C)/C(C)=C(\C=C(/C)F)CC1(c2cnc(-c3ccccc3)c(C3=CC=CCC=C3)n2)CN=C(F)C(F)C1. The van der Waals surface area contributed by atoms with Gasteiger partial charge in [-0.2, -0.15) is 4.39 Å². The molecule has 0 spiro atoms. The molecule has 2 unspecified atom stereocenters. The van der Waals surface area contributed by atoms with Gasteiger partial charge in [0.1, 0.15) is 0 Å². The van der Waals surface area contributed by atoms with Gasteiger partial charge in [0.2, 0.25) is 5.97 Å². The second-order valence-electron chi connectivity index (χ2n) is 10.1. The fourth-order valence-electron chi connectivity index (χ4n) is 4.98. The summed E-state index contributed by atoms with van der Waals surface area (Å²) >= 11 is 0. The minimum absolute atomic E-state index is 0.0152. The van der Waals surface area contributed by atoms with Crippen LogP contribution < -0.4 is 0 Å². The quantitative estimate of drug-likeness (QED) is 0.325. The average molecular weight is 533 g/mol. The van der Waals surface area contributed by atoms with E-state index in [4.69, 9.17) is 9.97 Å². The van der Waals surface area contributed by atoms with Gasteiger partial charge in [-0.05, 0) is 45.3 Å². The molecule has 2 aromatic rings. The lowest BCUT2D eigenvalue weighted by atomic mass is 9.72. The summed E-state index contributed by atoms with van der Waals surface area (Å²) in [6.45, 7) is 5.99. The van der Waals surface area contributed by atoms with Crippen molar-refractivity contribution in [3.63, 3.8) is 0 Å². The lowest BCUT2D eigenvalue weighted by molar-refractivity contribution is 0.260. The molecule has 0 fully saturated rings. The zero-order valence-electron chi connectivity index (χ0n) is 23.0. The molecule has 2 atom stereocenters. The number of aromatic nitrogens is 2. The third-order valence-electron chi connectivity index (χ3n) is 7.39. The first-order chi connectivity index (χ1) is 18.7. The lowest BCUT2D eigenvalue weighted by Crippen LogP contribution is -2.41. The Morgan fingerprint density at radius 3 is 2.62 bits per heavy atom. The van der Waals surface area contributed by atoms with E-state index < -0.39 is 17.6 Å². The third kappa shape index (κ3) is 6.47. The summed E-state index contributed by atoms with van der Waals surface area (Å²) in [4.78, 5) is 15.9. The van der Waals surface area contributed by atoms with Crippen molar-refractivity contribution in [3.05, 3.63) is 101 Å². The Labute approximate surface area is 229 Å². The van der Waals surface area contributed by atoms with Crippen LogP contribution in [0.3, 0.4) is 0 Å². The summed E-state index contributed by atoms with van der Waals surface area (Å²) in [6, 6.07) is 9.76. The van der Waals surface area contributed by atoms with Gasteiger partial charge in [0, 0.05) is 48.5 Å². The highest BCUT2D eigenvalue weighted by Crippen LogP contribution is 2.42. The van der Waals surface area contributed by atoms with Crippen molar-refractivity contribution in [2.75, 3.05) is 20.1 Å². The van der Waals surface area contributed by atoms with Crippen LogP contribution in [-0.2, 0) is 5.41 Å². The maximum Gasteiger partial charge on any atom is 0.219 e. The second kappa shape index (κ2) is 12.4. The molecule has 1 aromatic carbocycles. The van der Waals surface area contributed by atoms with Crippen molar-refractivity contribution in [2.24, 2.45) is 4.99 Å². The summed E-state index contributed by atoms with van der Waals surface area (Å²) in [5.74, 6) is -1.37. The minimum Gasteiger partial charge on any atom is -0.378 e. The first-order valence-electron chi connectivity index (χ1n) is 13.3. The second-order valence-corrected chi connectivity index (χ2v) is 10.1. The molecule has 1 aromatic heterocycles. The van der Waals surface area contributed by atoms with Crippen molar-refractivity contribution in [3.8, 4) is 11.3 Å². The van der Waals surface area contributed by atoms with E-state index in [1.165, 1.54) is 13.0 Å². The van der Waals surface area contributed by atoms with Gasteiger partial charge in [-0.3, -0.25) is 9.98 Å². The van der Waals surface area contributed by atoms with Crippen LogP contribution in [0.2, 0.25) is 0 Å². The van der Waals surface area contributed by atoms with Crippen LogP contribution in [0.5, 0.6) is 0 Å². The van der Waals surface area contributed by atoms with Crippen LogP contribution in [0, 0.1) is 0 Å². The molecule has 2 aliphatic rings. The zero-order chi connectivity index (χ0) is 28.0. The van der Waals surface area contributed by atoms with Crippen LogP contribution in [0.1, 0.15) is 51.4 Å². The summed E-state index contributed by atoms with van der Waals surface area (Å²) in [7, 11) is 1.92. The summed E-state index contributed by atoms with van der Waals surface area (Å²) in [6.07, 6.45) is 12.2. The Morgan fingerprint density at radius 2 is 1.92 bits per heavy atom. The topological polar surface area (TPSA) is 41.4 Å². The predicted octanol–water partition coefficient (Wildman–Crippen LogP) is 7.88. The largest absolute Gasteiger partial charge is 0.378 e. The highest BCUT2D eigenvalue weighted by molar-refractivity contribution is 5.83. The van der Waals surface area contributed by atoms with Gasteiger partial charge in [0.05, 0.1) is 29.5 Å². The molecule has 1 aliphatic heterocycles. The third-order valence-corrected chi connectivity index (χ3v) is 7.39. The molecule has 4 rings (SSSR count). The number of benzene rings is 1. The van der Waals surface area contributed by atoms with Crippen LogP contribution in [-0.4, -0.2) is 47.1 Å². The van der Waals surface area contributed by atoms with Gasteiger partial charge in [0.15, 0.2) is 6.17 Å². The average Bonchev–Trinajstić information content (AvgIpc) is 3.23. The highest BCUT2D eigenvalue weighted by atomic mass is 19.2. The van der Waals surface area contributed by atoms with Gasteiger partial charge in [-0.15, -0.1) is 0 Å². The van der Waals surface area contributed by atoms with Gasteiger partial charge in [0.25, 0.3) is 0 Å². The summed E-state index contributed by atoms with van der Waals surface area (Å²) < 4.78 is 43.6. The monoisotopic (exact) mass is 532 g/mol. The van der Waals surface area contributed by atoms with Gasteiger partial charge in [-0.25, -0.2) is 13.8 Å². The van der Waals surface area contributed by atoms with Crippen molar-refractivity contribution < 1.29 is 13.2 Å². The molecule has 4 nitrogen and oxygen atoms in total. The van der Waals surface area contributed by atoms with Crippen LogP contribution in [0.15, 0.2) is 95.1 Å². The van der Waals surface area contributed by atoms with E-state index in [0.717, 1.165) is 23.3 Å². The van der Waals surface area contributed by atoms with Gasteiger partial charge < -0.3 is 4.90 Å². The lowest BCUT2D eigenvalue weighted by Gasteiger charge is -2.37. The summed E-state index contributed by atoms with van der Waals surface area (Å²) in [5.41, 5.74) is 4.14. The Bertz CT molecular complexity index is 1370. The molecule has 7 heteroatoms. The molecule has 39 heavy (non-hydrogen) atoms. The van der Waals surface area contributed by atoms with E-state index >= 15 is 4.39 Å². The maximum absolute atomic E-state index is 15.0. The highest BCUT2D eigenvalue weighted by Gasteiger charge is 2.43. The summed E-state index contributed by atoms with van der Waals surface area (Å²) in [5, 5.41) is 0. The molecule has 0 saturated carbocycles. The van der Waals surface area contributed by atoms with E-state index in [0.29, 0.717) is 29.2 Å². The van der Waals surface area contributed by atoms with E-state index in [2.05, 4.69) is 4.99 Å². The van der Waals surface area contributed by atoms with Crippen molar-refractivity contribution in [1.82, 2.24) is 14.9 Å². The first-order valence-corrected chi connectivity index (χ1v) is 13.3. The molecule has 0 radical (unpaired) electrons. The number of hydrogen-bond acceptors (Lipinski definition) is 4. The maximum atomic E-state index is 15.0. The fraction of sp³-hybridized carbons (Fsp3) is 0.344. The molecule has 204 valence electrons. The Kier molecular flexibility index (Phi) is 9.00. The Morgan fingerprint density at radius 1 is 1.15 bits per heavy atom. The van der Waals surface area contributed by atoms with E-state index in [1.807, 2.05) is 86.5 Å². The van der Waals surface area contributed by atoms with Crippen LogP contribution in [0.25, 0.3) is 16.8 Å². The number of aliphatic imine (C=N–C) groups is 1. The zero-order valence-corrected chi connectivity index (χ0v) is 23.0. The van der Waals surface area contributed by atoms with Gasteiger partial charge in [-0.1, -0.05) is 60.7 Å².